The summed E-state index contributed by atoms with van der Waals surface area (Å²) in [5.41, 5.74) is 6.34. The molecule has 194 valence electrons. The number of phenolic OH excluding ortho intramolecular Hbond substituents is 1. The van der Waals surface area contributed by atoms with Crippen LogP contribution < -0.4 is 5.73 Å². The van der Waals surface area contributed by atoms with E-state index in [0.29, 0.717) is 13.1 Å². The fourth-order valence-electron chi connectivity index (χ4n) is 4.46. The molecule has 34 heavy (non-hydrogen) atoms. The van der Waals surface area contributed by atoms with E-state index >= 15 is 0 Å². The second-order valence-corrected chi connectivity index (χ2v) is 9.73. The second-order valence-electron chi connectivity index (χ2n) is 9.73. The Bertz CT molecular complexity index is 645. The van der Waals surface area contributed by atoms with E-state index in [1.54, 1.807) is 17.0 Å². The van der Waals surface area contributed by atoms with Gasteiger partial charge in [-0.25, -0.2) is 0 Å². The topological polar surface area (TPSA) is 83.6 Å². The molecule has 1 aromatic carbocycles. The lowest BCUT2D eigenvalue weighted by Crippen LogP contribution is -2.41. The molecule has 0 fully saturated rings. The zero-order valence-electron chi connectivity index (χ0n) is 21.7. The van der Waals surface area contributed by atoms with Crippen molar-refractivity contribution < 1.29 is 14.7 Å². The molecule has 0 radical (unpaired) electrons. The van der Waals surface area contributed by atoms with E-state index in [1.807, 2.05) is 12.1 Å². The molecular weight excluding hydrogens is 424 g/mol. The van der Waals surface area contributed by atoms with Gasteiger partial charge < -0.3 is 15.7 Å². The number of hydrogen-bond donors (Lipinski definition) is 2. The lowest BCUT2D eigenvalue weighted by atomic mass is 10.0. The van der Waals surface area contributed by atoms with Crippen LogP contribution in [0.5, 0.6) is 5.75 Å². The van der Waals surface area contributed by atoms with E-state index in [9.17, 15) is 14.7 Å². The molecule has 5 nitrogen and oxygen atoms in total. The zero-order valence-corrected chi connectivity index (χ0v) is 21.7. The highest BCUT2D eigenvalue weighted by molar-refractivity contribution is 6.34. The van der Waals surface area contributed by atoms with Gasteiger partial charge in [-0.05, 0) is 37.0 Å². The first-order valence-corrected chi connectivity index (χ1v) is 13.9. The Kier molecular flexibility index (Phi) is 17.9. The monoisotopic (exact) mass is 474 g/mol. The molecule has 0 saturated heterocycles. The smallest absolute Gasteiger partial charge is 0.311 e. The lowest BCUT2D eigenvalue weighted by molar-refractivity contribution is -0.144. The van der Waals surface area contributed by atoms with Crippen LogP contribution in [-0.2, 0) is 16.0 Å². The SMILES string of the molecule is CCCCCCCCCCCCCCCCCCN(CCCc1ccc(O)cc1)C(=O)C(N)=O. The van der Waals surface area contributed by atoms with Gasteiger partial charge in [-0.3, -0.25) is 9.59 Å². The molecule has 0 aromatic heterocycles. The minimum absolute atomic E-state index is 0.248. The molecule has 3 N–H and O–H groups in total. The summed E-state index contributed by atoms with van der Waals surface area (Å²) in [6.45, 7) is 3.39. The largest absolute Gasteiger partial charge is 0.508 e. The van der Waals surface area contributed by atoms with Crippen molar-refractivity contribution in [3.8, 4) is 5.75 Å². The first-order valence-electron chi connectivity index (χ1n) is 13.9. The molecule has 0 aliphatic rings. The summed E-state index contributed by atoms with van der Waals surface area (Å²) in [7, 11) is 0. The summed E-state index contributed by atoms with van der Waals surface area (Å²) in [4.78, 5) is 25.1. The van der Waals surface area contributed by atoms with Crippen LogP contribution in [-0.4, -0.2) is 34.9 Å². The van der Waals surface area contributed by atoms with Crippen molar-refractivity contribution in [3.63, 3.8) is 0 Å². The Morgan fingerprint density at radius 2 is 1.09 bits per heavy atom. The fraction of sp³-hybridized carbons (Fsp3) is 0.724. The molecule has 1 aromatic rings. The van der Waals surface area contributed by atoms with Gasteiger partial charge >= 0.3 is 11.8 Å². The van der Waals surface area contributed by atoms with Crippen LogP contribution in [0.15, 0.2) is 24.3 Å². The molecule has 1 rings (SSSR count). The van der Waals surface area contributed by atoms with Crippen LogP contribution >= 0.6 is 0 Å². The highest BCUT2D eigenvalue weighted by Gasteiger charge is 2.18. The molecule has 0 atom stereocenters. The summed E-state index contributed by atoms with van der Waals surface area (Å²) in [5.74, 6) is -1.20. The standard InChI is InChI=1S/C29H50N2O3/c1-2-3-4-5-6-7-8-9-10-11-12-13-14-15-16-17-24-31(29(34)28(30)33)25-18-19-26-20-22-27(32)23-21-26/h20-23,32H,2-19,24-25H2,1H3,(H2,30,33). The van der Waals surface area contributed by atoms with Crippen molar-refractivity contribution in [2.45, 2.75) is 122 Å². The maximum Gasteiger partial charge on any atom is 0.311 e. The van der Waals surface area contributed by atoms with Gasteiger partial charge in [0.25, 0.3) is 0 Å². The third-order valence-electron chi connectivity index (χ3n) is 6.61. The van der Waals surface area contributed by atoms with E-state index in [4.69, 9.17) is 5.73 Å². The molecule has 0 unspecified atom stereocenters. The van der Waals surface area contributed by atoms with Gasteiger partial charge in [0.15, 0.2) is 0 Å². The molecule has 5 heteroatoms. The van der Waals surface area contributed by atoms with Crippen LogP contribution in [0.4, 0.5) is 0 Å². The predicted octanol–water partition coefficient (Wildman–Crippen LogP) is 6.90. The maximum atomic E-state index is 12.1. The quantitative estimate of drug-likeness (QED) is 0.150. The first kappa shape index (κ1) is 30.0. The molecule has 0 saturated carbocycles. The average molecular weight is 475 g/mol. The number of benzene rings is 1. The number of unbranched alkanes of at least 4 members (excludes halogenated alkanes) is 15. The van der Waals surface area contributed by atoms with Crippen LogP contribution in [0.3, 0.4) is 0 Å². The number of rotatable bonds is 21. The molecule has 0 bridgehead atoms. The molecule has 0 spiro atoms. The van der Waals surface area contributed by atoms with Crippen molar-refractivity contribution in [2.75, 3.05) is 13.1 Å². The predicted molar refractivity (Wildman–Crippen MR) is 142 cm³/mol. The van der Waals surface area contributed by atoms with E-state index in [0.717, 1.165) is 31.2 Å². The van der Waals surface area contributed by atoms with E-state index in [-0.39, 0.29) is 5.75 Å². The number of hydrogen-bond acceptors (Lipinski definition) is 3. The summed E-state index contributed by atoms with van der Waals surface area (Å²) in [6.07, 6.45) is 22.5. The number of aromatic hydroxyl groups is 1. The number of carbonyl (C=O) groups is 2. The maximum absolute atomic E-state index is 12.1. The van der Waals surface area contributed by atoms with Gasteiger partial charge in [0.05, 0.1) is 0 Å². The molecule has 0 aliphatic carbocycles. The van der Waals surface area contributed by atoms with Gasteiger partial charge in [0, 0.05) is 13.1 Å². The Hall–Kier alpha value is -2.04. The van der Waals surface area contributed by atoms with Crippen LogP contribution in [0.1, 0.15) is 122 Å². The Balaban J connectivity index is 2.03. The summed E-state index contributed by atoms with van der Waals surface area (Å²) in [5, 5.41) is 9.37. The number of primary amides is 1. The highest BCUT2D eigenvalue weighted by Crippen LogP contribution is 2.14. The lowest BCUT2D eigenvalue weighted by Gasteiger charge is -2.21. The third-order valence-corrected chi connectivity index (χ3v) is 6.61. The summed E-state index contributed by atoms with van der Waals surface area (Å²) >= 11 is 0. The number of nitrogens with two attached hydrogens (primary N) is 1. The van der Waals surface area contributed by atoms with Crippen molar-refractivity contribution in [3.05, 3.63) is 29.8 Å². The zero-order chi connectivity index (χ0) is 24.9. The highest BCUT2D eigenvalue weighted by atomic mass is 16.3. The normalized spacial score (nSPS) is 11.0. The Morgan fingerprint density at radius 3 is 1.53 bits per heavy atom. The fourth-order valence-corrected chi connectivity index (χ4v) is 4.46. The van der Waals surface area contributed by atoms with E-state index in [1.165, 1.54) is 89.9 Å². The summed E-state index contributed by atoms with van der Waals surface area (Å²) in [6, 6.07) is 7.09. The average Bonchev–Trinajstić information content (AvgIpc) is 2.83. The van der Waals surface area contributed by atoms with Crippen LogP contribution in [0.25, 0.3) is 0 Å². The molecule has 0 heterocycles. The van der Waals surface area contributed by atoms with Crippen LogP contribution in [0.2, 0.25) is 0 Å². The number of carbonyl (C=O) groups excluding carboxylic acids is 2. The number of nitrogens with zero attached hydrogens (tertiary/aromatic N) is 1. The Morgan fingerprint density at radius 1 is 0.676 bits per heavy atom. The number of phenols is 1. The molecular formula is C29H50N2O3. The van der Waals surface area contributed by atoms with Gasteiger partial charge in [0.1, 0.15) is 5.75 Å². The van der Waals surface area contributed by atoms with E-state index in [2.05, 4.69) is 6.92 Å². The minimum Gasteiger partial charge on any atom is -0.508 e. The van der Waals surface area contributed by atoms with Crippen LogP contribution in [0, 0.1) is 0 Å². The minimum atomic E-state index is -0.874. The van der Waals surface area contributed by atoms with Gasteiger partial charge in [0.2, 0.25) is 0 Å². The van der Waals surface area contributed by atoms with Crippen molar-refractivity contribution >= 4 is 11.8 Å². The van der Waals surface area contributed by atoms with Gasteiger partial charge in [-0.1, -0.05) is 115 Å². The summed E-state index contributed by atoms with van der Waals surface area (Å²) < 4.78 is 0. The number of aryl methyl sites for hydroxylation is 1. The van der Waals surface area contributed by atoms with Gasteiger partial charge in [-0.2, -0.15) is 0 Å². The van der Waals surface area contributed by atoms with Crippen molar-refractivity contribution in [1.29, 1.82) is 0 Å². The third kappa shape index (κ3) is 15.7. The number of amides is 2. The molecule has 0 aliphatic heterocycles. The first-order chi connectivity index (χ1) is 16.5. The van der Waals surface area contributed by atoms with Crippen molar-refractivity contribution in [1.82, 2.24) is 4.90 Å². The second kappa shape index (κ2) is 20.3. The van der Waals surface area contributed by atoms with Gasteiger partial charge in [-0.15, -0.1) is 0 Å². The molecule has 2 amide bonds. The van der Waals surface area contributed by atoms with E-state index < -0.39 is 11.8 Å². The van der Waals surface area contributed by atoms with Crippen molar-refractivity contribution in [2.24, 2.45) is 5.73 Å². The Labute approximate surface area is 208 Å².